The Morgan fingerprint density at radius 1 is 0.912 bits per heavy atom. The van der Waals surface area contributed by atoms with Crippen LogP contribution in [-0.2, 0) is 27.4 Å². The molecule has 0 saturated carbocycles. The van der Waals surface area contributed by atoms with Gasteiger partial charge in [-0.15, -0.1) is 0 Å². The molecule has 5 heteroatoms. The fourth-order valence-electron chi connectivity index (χ4n) is 3.46. The summed E-state index contributed by atoms with van der Waals surface area (Å²) in [6, 6.07) is 23.1. The van der Waals surface area contributed by atoms with Crippen molar-refractivity contribution in [2.45, 2.75) is 45.8 Å². The zero-order valence-corrected chi connectivity index (χ0v) is 19.9. The van der Waals surface area contributed by atoms with Gasteiger partial charge in [-0.2, -0.15) is 0 Å². The lowest BCUT2D eigenvalue weighted by atomic mass is 10.00. The number of aliphatic hydroxyl groups excluding tert-OH is 1. The highest BCUT2D eigenvalue weighted by molar-refractivity contribution is 5.93. The standard InChI is InChI=1S/C29H31NO4/c1-29(2,3)34-28(33)15-13-22-16-25(24-11-7-10-23(17-24)20-31)19-26(18-22)30-27(32)14-12-21-8-5-4-6-9-21/h4-11,13,15-19,31H,12,14,20H2,1-3H3,(H,30,32)/b15-13+. The molecule has 0 fully saturated rings. The summed E-state index contributed by atoms with van der Waals surface area (Å²) in [6.07, 6.45) is 4.07. The average molecular weight is 458 g/mol. The van der Waals surface area contributed by atoms with Gasteiger partial charge in [0.25, 0.3) is 0 Å². The van der Waals surface area contributed by atoms with Crippen LogP contribution in [0.2, 0.25) is 0 Å². The van der Waals surface area contributed by atoms with Crippen molar-refractivity contribution in [3.8, 4) is 11.1 Å². The summed E-state index contributed by atoms with van der Waals surface area (Å²) in [5.74, 6) is -0.527. The van der Waals surface area contributed by atoms with Crippen molar-refractivity contribution in [3.63, 3.8) is 0 Å². The monoisotopic (exact) mass is 457 g/mol. The van der Waals surface area contributed by atoms with Gasteiger partial charge in [0, 0.05) is 18.2 Å². The van der Waals surface area contributed by atoms with Gasteiger partial charge in [0.05, 0.1) is 6.61 Å². The molecule has 34 heavy (non-hydrogen) atoms. The van der Waals surface area contributed by atoms with E-state index in [-0.39, 0.29) is 12.5 Å². The second-order valence-electron chi connectivity index (χ2n) is 9.10. The van der Waals surface area contributed by atoms with Crippen molar-refractivity contribution < 1.29 is 19.4 Å². The highest BCUT2D eigenvalue weighted by atomic mass is 16.6. The smallest absolute Gasteiger partial charge is 0.331 e. The van der Waals surface area contributed by atoms with E-state index in [2.05, 4.69) is 5.32 Å². The van der Waals surface area contributed by atoms with Crippen LogP contribution in [0.25, 0.3) is 17.2 Å². The van der Waals surface area contributed by atoms with E-state index in [1.165, 1.54) is 6.08 Å². The predicted molar refractivity (Wildman–Crippen MR) is 136 cm³/mol. The summed E-state index contributed by atoms with van der Waals surface area (Å²) < 4.78 is 5.35. The van der Waals surface area contributed by atoms with Crippen molar-refractivity contribution in [1.82, 2.24) is 0 Å². The van der Waals surface area contributed by atoms with Gasteiger partial charge in [0.15, 0.2) is 0 Å². The number of hydrogen-bond donors (Lipinski definition) is 2. The molecule has 0 spiro atoms. The Kier molecular flexibility index (Phi) is 8.39. The summed E-state index contributed by atoms with van der Waals surface area (Å²) in [7, 11) is 0. The zero-order chi connectivity index (χ0) is 24.6. The lowest BCUT2D eigenvalue weighted by Gasteiger charge is -2.18. The molecule has 0 aliphatic heterocycles. The number of rotatable bonds is 8. The van der Waals surface area contributed by atoms with E-state index in [1.54, 1.807) is 6.08 Å². The molecular formula is C29H31NO4. The number of ether oxygens (including phenoxy) is 1. The van der Waals surface area contributed by atoms with Crippen LogP contribution in [-0.4, -0.2) is 22.6 Å². The maximum atomic E-state index is 12.6. The third kappa shape index (κ3) is 8.01. The average Bonchev–Trinajstić information content (AvgIpc) is 2.81. The second kappa shape index (κ2) is 11.4. The van der Waals surface area contributed by atoms with E-state index in [9.17, 15) is 14.7 Å². The van der Waals surface area contributed by atoms with Crippen molar-refractivity contribution in [2.24, 2.45) is 0 Å². The Balaban J connectivity index is 1.84. The van der Waals surface area contributed by atoms with Crippen molar-refractivity contribution in [1.29, 1.82) is 0 Å². The number of hydrogen-bond acceptors (Lipinski definition) is 4. The molecule has 176 valence electrons. The number of nitrogens with one attached hydrogen (secondary N) is 1. The predicted octanol–water partition coefficient (Wildman–Crippen LogP) is 5.77. The normalized spacial score (nSPS) is 11.4. The molecule has 0 atom stereocenters. The van der Waals surface area contributed by atoms with Crippen LogP contribution in [0.5, 0.6) is 0 Å². The lowest BCUT2D eigenvalue weighted by Crippen LogP contribution is -2.22. The summed E-state index contributed by atoms with van der Waals surface area (Å²) in [5.41, 5.74) is 4.46. The summed E-state index contributed by atoms with van der Waals surface area (Å²) in [6.45, 7) is 5.39. The lowest BCUT2D eigenvalue weighted by molar-refractivity contribution is -0.148. The molecule has 5 nitrogen and oxygen atoms in total. The molecule has 3 aromatic rings. The molecule has 0 radical (unpaired) electrons. The number of carbonyl (C=O) groups is 2. The molecule has 0 aliphatic rings. The number of aryl methyl sites for hydroxylation is 1. The van der Waals surface area contributed by atoms with Gasteiger partial charge in [-0.25, -0.2) is 4.79 Å². The minimum atomic E-state index is -0.577. The van der Waals surface area contributed by atoms with Gasteiger partial charge in [-0.05, 0) is 85.4 Å². The molecule has 3 rings (SSSR count). The van der Waals surface area contributed by atoms with Crippen molar-refractivity contribution >= 4 is 23.6 Å². The molecule has 0 saturated heterocycles. The molecule has 0 aliphatic carbocycles. The third-order valence-electron chi connectivity index (χ3n) is 4.98. The summed E-state index contributed by atoms with van der Waals surface area (Å²) in [5, 5.41) is 12.5. The molecule has 3 aromatic carbocycles. The summed E-state index contributed by atoms with van der Waals surface area (Å²) >= 11 is 0. The number of aliphatic hydroxyl groups is 1. The maximum absolute atomic E-state index is 12.6. The first kappa shape index (κ1) is 24.9. The van der Waals surface area contributed by atoms with E-state index in [0.717, 1.165) is 27.8 Å². The van der Waals surface area contributed by atoms with Gasteiger partial charge < -0.3 is 15.2 Å². The van der Waals surface area contributed by atoms with Crippen molar-refractivity contribution in [3.05, 3.63) is 95.6 Å². The van der Waals surface area contributed by atoms with Gasteiger partial charge in [0.2, 0.25) is 5.91 Å². The Morgan fingerprint density at radius 2 is 1.65 bits per heavy atom. The van der Waals surface area contributed by atoms with Crippen LogP contribution >= 0.6 is 0 Å². The van der Waals surface area contributed by atoms with Gasteiger partial charge >= 0.3 is 5.97 Å². The molecule has 1 amide bonds. The van der Waals surface area contributed by atoms with Crippen LogP contribution in [0.3, 0.4) is 0 Å². The van der Waals surface area contributed by atoms with Crippen LogP contribution in [0.15, 0.2) is 78.9 Å². The van der Waals surface area contributed by atoms with E-state index in [0.29, 0.717) is 18.5 Å². The number of benzene rings is 3. The highest BCUT2D eigenvalue weighted by Gasteiger charge is 2.14. The Hall–Kier alpha value is -3.70. The second-order valence-corrected chi connectivity index (χ2v) is 9.10. The van der Waals surface area contributed by atoms with Crippen LogP contribution < -0.4 is 5.32 Å². The zero-order valence-electron chi connectivity index (χ0n) is 19.9. The Bertz CT molecular complexity index is 1160. The maximum Gasteiger partial charge on any atom is 0.331 e. The fourth-order valence-corrected chi connectivity index (χ4v) is 3.46. The highest BCUT2D eigenvalue weighted by Crippen LogP contribution is 2.27. The Labute approximate surface area is 201 Å². The number of carbonyl (C=O) groups excluding carboxylic acids is 2. The van der Waals surface area contributed by atoms with E-state index in [4.69, 9.17) is 4.74 Å². The van der Waals surface area contributed by atoms with Gasteiger partial charge in [0.1, 0.15) is 5.60 Å². The quantitative estimate of drug-likeness (QED) is 0.332. The number of amides is 1. The number of esters is 1. The molecular weight excluding hydrogens is 426 g/mol. The molecule has 0 unspecified atom stereocenters. The summed E-state index contributed by atoms with van der Waals surface area (Å²) in [4.78, 5) is 24.8. The first-order valence-corrected chi connectivity index (χ1v) is 11.3. The van der Waals surface area contributed by atoms with Crippen molar-refractivity contribution in [2.75, 3.05) is 5.32 Å². The largest absolute Gasteiger partial charge is 0.457 e. The van der Waals surface area contributed by atoms with Crippen LogP contribution in [0.1, 0.15) is 43.9 Å². The topological polar surface area (TPSA) is 75.6 Å². The van der Waals surface area contributed by atoms with Gasteiger partial charge in [-0.3, -0.25) is 4.79 Å². The van der Waals surface area contributed by atoms with Crippen LogP contribution in [0.4, 0.5) is 5.69 Å². The minimum Gasteiger partial charge on any atom is -0.457 e. The molecule has 0 aromatic heterocycles. The number of anilines is 1. The Morgan fingerprint density at radius 3 is 2.35 bits per heavy atom. The van der Waals surface area contributed by atoms with E-state index >= 15 is 0 Å². The minimum absolute atomic E-state index is 0.0604. The molecule has 0 heterocycles. The van der Waals surface area contributed by atoms with Crippen LogP contribution in [0, 0.1) is 0 Å². The fraction of sp³-hybridized carbons (Fsp3) is 0.241. The third-order valence-corrected chi connectivity index (χ3v) is 4.98. The first-order valence-electron chi connectivity index (χ1n) is 11.3. The SMILES string of the molecule is CC(C)(C)OC(=O)/C=C/c1cc(NC(=O)CCc2ccccc2)cc(-c2cccc(CO)c2)c1. The van der Waals surface area contributed by atoms with Gasteiger partial charge in [-0.1, -0.05) is 48.5 Å². The van der Waals surface area contributed by atoms with E-state index < -0.39 is 11.6 Å². The van der Waals surface area contributed by atoms with E-state index in [1.807, 2.05) is 93.6 Å². The molecule has 2 N–H and O–H groups in total. The first-order chi connectivity index (χ1) is 16.2. The molecule has 0 bridgehead atoms.